The van der Waals surface area contributed by atoms with Gasteiger partial charge in [-0.3, -0.25) is 9.59 Å². The van der Waals surface area contributed by atoms with Crippen molar-refractivity contribution in [1.29, 1.82) is 0 Å². The standard InChI is InChI=1S/C27H35N3O4/c1-27(2,3)30-26(33)34-17-18-13-15-19(16-14-18)21-11-7-8-12-22(21)25(32)29-23(24(28)31)20-9-5-4-6-10-20/h4-6,9-10,13-16,21-23H,7-8,11-12,17H2,1-3H3,(H2,28,31)(H,29,32)(H,30,33). The van der Waals surface area contributed by atoms with Gasteiger partial charge >= 0.3 is 6.09 Å². The van der Waals surface area contributed by atoms with Crippen molar-refractivity contribution in [3.8, 4) is 0 Å². The molecule has 1 aliphatic carbocycles. The summed E-state index contributed by atoms with van der Waals surface area (Å²) in [6.07, 6.45) is 3.21. The molecule has 0 spiro atoms. The van der Waals surface area contributed by atoms with Crippen LogP contribution in [0.2, 0.25) is 0 Å². The number of primary amides is 1. The van der Waals surface area contributed by atoms with Crippen LogP contribution in [0.4, 0.5) is 4.79 Å². The van der Waals surface area contributed by atoms with Crippen molar-refractivity contribution >= 4 is 17.9 Å². The van der Waals surface area contributed by atoms with Crippen molar-refractivity contribution < 1.29 is 19.1 Å². The van der Waals surface area contributed by atoms with Gasteiger partial charge in [-0.1, -0.05) is 67.4 Å². The van der Waals surface area contributed by atoms with E-state index < -0.39 is 18.0 Å². The van der Waals surface area contributed by atoms with Crippen molar-refractivity contribution in [2.75, 3.05) is 0 Å². The number of hydrogen-bond acceptors (Lipinski definition) is 4. The second-order valence-corrected chi connectivity index (χ2v) is 9.94. The second-order valence-electron chi connectivity index (χ2n) is 9.94. The Balaban J connectivity index is 1.66. The molecule has 2 aromatic rings. The number of carbonyl (C=O) groups excluding carboxylic acids is 3. The van der Waals surface area contributed by atoms with Gasteiger partial charge in [0.25, 0.3) is 0 Å². The fraction of sp³-hybridized carbons (Fsp3) is 0.444. The van der Waals surface area contributed by atoms with E-state index in [2.05, 4.69) is 10.6 Å². The van der Waals surface area contributed by atoms with Crippen LogP contribution in [0.25, 0.3) is 0 Å². The maximum absolute atomic E-state index is 13.2. The first kappa shape index (κ1) is 25.3. The van der Waals surface area contributed by atoms with E-state index in [9.17, 15) is 14.4 Å². The zero-order chi connectivity index (χ0) is 24.7. The van der Waals surface area contributed by atoms with Crippen LogP contribution in [0.1, 0.15) is 75.1 Å². The van der Waals surface area contributed by atoms with Crippen molar-refractivity contribution in [3.63, 3.8) is 0 Å². The van der Waals surface area contributed by atoms with Crippen molar-refractivity contribution in [2.24, 2.45) is 11.7 Å². The number of alkyl carbamates (subject to hydrolysis) is 1. The molecule has 3 atom stereocenters. The summed E-state index contributed by atoms with van der Waals surface area (Å²) in [4.78, 5) is 37.2. The molecule has 34 heavy (non-hydrogen) atoms. The summed E-state index contributed by atoms with van der Waals surface area (Å²) in [5, 5.41) is 5.65. The van der Waals surface area contributed by atoms with Gasteiger partial charge < -0.3 is 21.1 Å². The molecule has 3 amide bonds. The lowest BCUT2D eigenvalue weighted by molar-refractivity contribution is -0.131. The third-order valence-corrected chi connectivity index (χ3v) is 6.06. The third kappa shape index (κ3) is 7.07. The molecule has 0 aromatic heterocycles. The lowest BCUT2D eigenvalue weighted by Crippen LogP contribution is -2.42. The van der Waals surface area contributed by atoms with Crippen LogP contribution in [0.15, 0.2) is 54.6 Å². The third-order valence-electron chi connectivity index (χ3n) is 6.06. The van der Waals surface area contributed by atoms with Gasteiger partial charge in [0.15, 0.2) is 0 Å². The zero-order valence-electron chi connectivity index (χ0n) is 20.2. The summed E-state index contributed by atoms with van der Waals surface area (Å²) in [6.45, 7) is 5.86. The van der Waals surface area contributed by atoms with E-state index in [1.165, 1.54) is 0 Å². The molecule has 3 rings (SSSR count). The number of nitrogens with two attached hydrogens (primary N) is 1. The molecule has 0 aliphatic heterocycles. The average molecular weight is 466 g/mol. The average Bonchev–Trinajstić information content (AvgIpc) is 2.80. The molecule has 0 radical (unpaired) electrons. The van der Waals surface area contributed by atoms with Gasteiger partial charge in [0.05, 0.1) is 0 Å². The highest BCUT2D eigenvalue weighted by atomic mass is 16.5. The van der Waals surface area contributed by atoms with E-state index >= 15 is 0 Å². The Kier molecular flexibility index (Phi) is 8.31. The van der Waals surface area contributed by atoms with Crippen LogP contribution in [0.5, 0.6) is 0 Å². The fourth-order valence-corrected chi connectivity index (χ4v) is 4.41. The van der Waals surface area contributed by atoms with Gasteiger partial charge in [-0.2, -0.15) is 0 Å². The number of carbonyl (C=O) groups is 3. The van der Waals surface area contributed by atoms with Crippen molar-refractivity contribution in [3.05, 3.63) is 71.3 Å². The van der Waals surface area contributed by atoms with Gasteiger partial charge in [0.1, 0.15) is 12.6 Å². The Morgan fingerprint density at radius 2 is 1.65 bits per heavy atom. The molecule has 1 saturated carbocycles. The van der Waals surface area contributed by atoms with Crippen LogP contribution >= 0.6 is 0 Å². The molecule has 1 aliphatic rings. The first-order chi connectivity index (χ1) is 16.1. The first-order valence-corrected chi connectivity index (χ1v) is 11.8. The quantitative estimate of drug-likeness (QED) is 0.565. The summed E-state index contributed by atoms with van der Waals surface area (Å²) in [7, 11) is 0. The van der Waals surface area contributed by atoms with E-state index in [0.29, 0.717) is 5.56 Å². The van der Waals surface area contributed by atoms with Crippen molar-refractivity contribution in [1.82, 2.24) is 10.6 Å². The number of hydrogen-bond donors (Lipinski definition) is 3. The molecule has 0 heterocycles. The highest BCUT2D eigenvalue weighted by molar-refractivity contribution is 5.89. The van der Waals surface area contributed by atoms with Gasteiger partial charge in [-0.25, -0.2) is 4.79 Å². The first-order valence-electron chi connectivity index (χ1n) is 11.8. The predicted octanol–water partition coefficient (Wildman–Crippen LogP) is 4.33. The van der Waals surface area contributed by atoms with Gasteiger partial charge in [0, 0.05) is 11.5 Å². The number of amides is 3. The van der Waals surface area contributed by atoms with E-state index in [0.717, 1.165) is 36.8 Å². The zero-order valence-corrected chi connectivity index (χ0v) is 20.2. The molecule has 7 heteroatoms. The van der Waals surface area contributed by atoms with Crippen molar-refractivity contribution in [2.45, 2.75) is 70.6 Å². The minimum Gasteiger partial charge on any atom is -0.445 e. The Labute approximate surface area is 201 Å². The van der Waals surface area contributed by atoms with Crippen LogP contribution in [-0.4, -0.2) is 23.4 Å². The predicted molar refractivity (Wildman–Crippen MR) is 131 cm³/mol. The van der Waals surface area contributed by atoms with E-state index in [4.69, 9.17) is 10.5 Å². The SMILES string of the molecule is CC(C)(C)NC(=O)OCc1ccc(C2CCCCC2C(=O)NC(C(N)=O)c2ccccc2)cc1. The Bertz CT molecular complexity index is 983. The monoisotopic (exact) mass is 465 g/mol. The van der Waals surface area contributed by atoms with Crippen LogP contribution in [0.3, 0.4) is 0 Å². The van der Waals surface area contributed by atoms with E-state index in [1.807, 2.05) is 63.2 Å². The molecule has 0 bridgehead atoms. The summed E-state index contributed by atoms with van der Waals surface area (Å²) in [5.74, 6) is -0.911. The lowest BCUT2D eigenvalue weighted by Gasteiger charge is -2.32. The van der Waals surface area contributed by atoms with Gasteiger partial charge in [0.2, 0.25) is 11.8 Å². The largest absolute Gasteiger partial charge is 0.445 e. The molecule has 4 N–H and O–H groups in total. The second kappa shape index (κ2) is 11.2. The number of benzene rings is 2. The molecule has 1 fully saturated rings. The molecule has 3 unspecified atom stereocenters. The highest BCUT2D eigenvalue weighted by Gasteiger charge is 2.34. The Hall–Kier alpha value is -3.35. The fourth-order valence-electron chi connectivity index (χ4n) is 4.41. The number of ether oxygens (including phenoxy) is 1. The molecule has 2 aromatic carbocycles. The minimum absolute atomic E-state index is 0.0530. The number of nitrogens with one attached hydrogen (secondary N) is 2. The van der Waals surface area contributed by atoms with E-state index in [1.54, 1.807) is 12.1 Å². The van der Waals surface area contributed by atoms with E-state index in [-0.39, 0.29) is 29.9 Å². The molecular formula is C27H35N3O4. The smallest absolute Gasteiger partial charge is 0.407 e. The molecule has 7 nitrogen and oxygen atoms in total. The van der Waals surface area contributed by atoms with Crippen LogP contribution in [0, 0.1) is 5.92 Å². The van der Waals surface area contributed by atoms with Crippen LogP contribution < -0.4 is 16.4 Å². The molecular weight excluding hydrogens is 430 g/mol. The Morgan fingerprint density at radius 3 is 2.26 bits per heavy atom. The van der Waals surface area contributed by atoms with Gasteiger partial charge in [-0.15, -0.1) is 0 Å². The maximum Gasteiger partial charge on any atom is 0.407 e. The summed E-state index contributed by atoms with van der Waals surface area (Å²) in [6, 6.07) is 16.1. The molecule has 0 saturated heterocycles. The number of rotatable bonds is 7. The normalized spacial score (nSPS) is 19.0. The summed E-state index contributed by atoms with van der Waals surface area (Å²) < 4.78 is 5.30. The van der Waals surface area contributed by atoms with Gasteiger partial charge in [-0.05, 0) is 56.2 Å². The molecule has 182 valence electrons. The lowest BCUT2D eigenvalue weighted by atomic mass is 9.74. The van der Waals surface area contributed by atoms with Crippen LogP contribution in [-0.2, 0) is 20.9 Å². The highest BCUT2D eigenvalue weighted by Crippen LogP contribution is 2.38. The summed E-state index contributed by atoms with van der Waals surface area (Å²) in [5.41, 5.74) is 7.86. The Morgan fingerprint density at radius 1 is 1.00 bits per heavy atom. The topological polar surface area (TPSA) is 111 Å². The summed E-state index contributed by atoms with van der Waals surface area (Å²) >= 11 is 0. The minimum atomic E-state index is -0.852. The maximum atomic E-state index is 13.2.